The van der Waals surface area contributed by atoms with E-state index in [1.54, 1.807) is 12.1 Å². The lowest BCUT2D eigenvalue weighted by molar-refractivity contribution is -0.121. The Morgan fingerprint density at radius 1 is 0.970 bits per heavy atom. The summed E-state index contributed by atoms with van der Waals surface area (Å²) in [5.74, 6) is -0.534. The van der Waals surface area contributed by atoms with E-state index in [2.05, 4.69) is 26.5 Å². The molecule has 0 aliphatic rings. The van der Waals surface area contributed by atoms with Crippen LogP contribution in [0.2, 0.25) is 0 Å². The summed E-state index contributed by atoms with van der Waals surface area (Å²) in [7, 11) is -0.00362. The fraction of sp³-hybridized carbons (Fsp3) is 0.167. The zero-order valence-corrected chi connectivity index (χ0v) is 20.8. The molecule has 0 fully saturated rings. The van der Waals surface area contributed by atoms with Gasteiger partial charge in [-0.1, -0.05) is 58.4 Å². The van der Waals surface area contributed by atoms with Gasteiger partial charge < -0.3 is 4.90 Å². The highest BCUT2D eigenvalue weighted by Gasteiger charge is 2.26. The Bertz CT molecular complexity index is 1200. The summed E-state index contributed by atoms with van der Waals surface area (Å²) in [5.41, 5.74) is 5.05. The summed E-state index contributed by atoms with van der Waals surface area (Å²) < 4.78 is 28.4. The number of hydrogen-bond acceptors (Lipinski definition) is 5. The van der Waals surface area contributed by atoms with Crippen molar-refractivity contribution in [3.8, 4) is 0 Å². The van der Waals surface area contributed by atoms with Crippen molar-refractivity contribution < 1.29 is 13.2 Å². The molecule has 0 radical (unpaired) electrons. The molecule has 0 aliphatic heterocycles. The van der Waals surface area contributed by atoms with Crippen LogP contribution < -0.4 is 10.3 Å². The first-order valence-electron chi connectivity index (χ1n) is 10.1. The number of hydrazone groups is 1. The molecule has 0 aliphatic carbocycles. The van der Waals surface area contributed by atoms with Crippen molar-refractivity contribution in [3.05, 3.63) is 94.5 Å². The van der Waals surface area contributed by atoms with Gasteiger partial charge in [0.25, 0.3) is 5.91 Å². The van der Waals surface area contributed by atoms with Crippen LogP contribution in [0.4, 0.5) is 5.69 Å². The molecule has 0 unspecified atom stereocenters. The maximum Gasteiger partial charge on any atom is 0.255 e. The zero-order chi connectivity index (χ0) is 23.8. The summed E-state index contributed by atoms with van der Waals surface area (Å²) >= 11 is 3.31. The smallest absolute Gasteiger partial charge is 0.255 e. The van der Waals surface area contributed by atoms with Crippen LogP contribution in [0, 0.1) is 0 Å². The lowest BCUT2D eigenvalue weighted by Crippen LogP contribution is -2.39. The first kappa shape index (κ1) is 24.6. The predicted molar refractivity (Wildman–Crippen MR) is 135 cm³/mol. The number of nitrogens with one attached hydrogen (secondary N) is 1. The molecule has 0 saturated heterocycles. The topological polar surface area (TPSA) is 82.1 Å². The van der Waals surface area contributed by atoms with E-state index < -0.39 is 15.9 Å². The quantitative estimate of drug-likeness (QED) is 0.337. The summed E-state index contributed by atoms with van der Waals surface area (Å²) in [6.07, 6.45) is 1.52. The lowest BCUT2D eigenvalue weighted by atomic mass is 10.2. The maximum absolute atomic E-state index is 13.3. The zero-order valence-electron chi connectivity index (χ0n) is 18.3. The fourth-order valence-corrected chi connectivity index (χ4v) is 4.65. The lowest BCUT2D eigenvalue weighted by Gasteiger charge is -2.21. The van der Waals surface area contributed by atoms with E-state index >= 15 is 0 Å². The largest absolute Gasteiger partial charge is 0.378 e. The van der Waals surface area contributed by atoms with Crippen molar-refractivity contribution in [2.24, 2.45) is 5.10 Å². The SMILES string of the molecule is CN(C)c1ccc(/C=N\NC(=O)CN(Cc2ccccc2)S(=O)(=O)c2ccc(Br)cc2)cc1. The second-order valence-corrected chi connectivity index (χ2v) is 10.3. The van der Waals surface area contributed by atoms with Crippen molar-refractivity contribution in [2.75, 3.05) is 25.5 Å². The van der Waals surface area contributed by atoms with Gasteiger partial charge in [-0.25, -0.2) is 13.8 Å². The molecule has 7 nitrogen and oxygen atoms in total. The minimum Gasteiger partial charge on any atom is -0.378 e. The van der Waals surface area contributed by atoms with Crippen LogP contribution in [0.5, 0.6) is 0 Å². The van der Waals surface area contributed by atoms with Crippen molar-refractivity contribution in [1.82, 2.24) is 9.73 Å². The Morgan fingerprint density at radius 3 is 2.21 bits per heavy atom. The standard InChI is InChI=1S/C24H25BrN4O3S/c1-28(2)22-12-8-19(9-13-22)16-26-27-24(30)18-29(17-20-6-4-3-5-7-20)33(31,32)23-14-10-21(25)11-15-23/h3-16H,17-18H2,1-2H3,(H,27,30)/b26-16-. The van der Waals surface area contributed by atoms with Crippen LogP contribution in [0.3, 0.4) is 0 Å². The second-order valence-electron chi connectivity index (χ2n) is 7.49. The monoisotopic (exact) mass is 528 g/mol. The Labute approximate surface area is 202 Å². The number of nitrogens with zero attached hydrogens (tertiary/aromatic N) is 3. The molecule has 9 heteroatoms. The number of sulfonamides is 1. The molecular formula is C24H25BrN4O3S. The summed E-state index contributed by atoms with van der Waals surface area (Å²) in [6, 6.07) is 23.1. The third kappa shape index (κ3) is 6.98. The Morgan fingerprint density at radius 2 is 1.61 bits per heavy atom. The van der Waals surface area contributed by atoms with Gasteiger partial charge in [-0.3, -0.25) is 4.79 Å². The van der Waals surface area contributed by atoms with Gasteiger partial charge in [0.05, 0.1) is 17.7 Å². The number of halogens is 1. The summed E-state index contributed by atoms with van der Waals surface area (Å²) in [5, 5.41) is 3.98. The van der Waals surface area contributed by atoms with Crippen molar-refractivity contribution in [1.29, 1.82) is 0 Å². The van der Waals surface area contributed by atoms with E-state index in [1.165, 1.54) is 18.3 Å². The molecule has 1 amide bonds. The van der Waals surface area contributed by atoms with Crippen molar-refractivity contribution in [2.45, 2.75) is 11.4 Å². The molecule has 3 rings (SSSR count). The van der Waals surface area contributed by atoms with Gasteiger partial charge in [0.15, 0.2) is 0 Å². The van der Waals surface area contributed by atoms with E-state index in [0.717, 1.165) is 25.6 Å². The van der Waals surface area contributed by atoms with Gasteiger partial charge in [0, 0.05) is 30.8 Å². The van der Waals surface area contributed by atoms with Gasteiger partial charge >= 0.3 is 0 Å². The molecule has 1 N–H and O–H groups in total. The minimum absolute atomic E-state index is 0.0579. The van der Waals surface area contributed by atoms with E-state index in [0.29, 0.717) is 0 Å². The van der Waals surface area contributed by atoms with Gasteiger partial charge in [-0.2, -0.15) is 9.41 Å². The molecule has 0 atom stereocenters. The number of anilines is 1. The number of amides is 1. The predicted octanol–water partition coefficient (Wildman–Crippen LogP) is 3.86. The van der Waals surface area contributed by atoms with E-state index in [1.807, 2.05) is 73.6 Å². The molecule has 3 aromatic carbocycles. The van der Waals surface area contributed by atoms with Crippen molar-refractivity contribution in [3.63, 3.8) is 0 Å². The third-order valence-electron chi connectivity index (χ3n) is 4.79. The molecule has 0 aromatic heterocycles. The van der Waals surface area contributed by atoms with Crippen LogP contribution in [-0.2, 0) is 21.4 Å². The highest BCUT2D eigenvalue weighted by atomic mass is 79.9. The number of carbonyl (C=O) groups excluding carboxylic acids is 1. The number of carbonyl (C=O) groups is 1. The molecule has 0 heterocycles. The first-order chi connectivity index (χ1) is 15.8. The Kier molecular flexibility index (Phi) is 8.37. The molecule has 0 bridgehead atoms. The molecule has 3 aromatic rings. The molecule has 172 valence electrons. The Balaban J connectivity index is 1.73. The number of benzene rings is 3. The average Bonchev–Trinajstić information content (AvgIpc) is 2.80. The van der Waals surface area contributed by atoms with Gasteiger partial charge in [0.1, 0.15) is 0 Å². The highest BCUT2D eigenvalue weighted by Crippen LogP contribution is 2.20. The van der Waals surface area contributed by atoms with Gasteiger partial charge in [0.2, 0.25) is 10.0 Å². The molecular weight excluding hydrogens is 504 g/mol. The van der Waals surface area contributed by atoms with Crippen LogP contribution >= 0.6 is 15.9 Å². The van der Waals surface area contributed by atoms with Crippen LogP contribution in [-0.4, -0.2) is 45.5 Å². The second kappa shape index (κ2) is 11.2. The Hall–Kier alpha value is -3.01. The van der Waals surface area contributed by atoms with Gasteiger partial charge in [-0.15, -0.1) is 0 Å². The van der Waals surface area contributed by atoms with E-state index in [4.69, 9.17) is 0 Å². The van der Waals surface area contributed by atoms with Gasteiger partial charge in [-0.05, 0) is 47.5 Å². The normalized spacial score (nSPS) is 11.6. The fourth-order valence-electron chi connectivity index (χ4n) is 3.00. The first-order valence-corrected chi connectivity index (χ1v) is 12.4. The summed E-state index contributed by atoms with van der Waals surface area (Å²) in [4.78, 5) is 14.7. The average molecular weight is 529 g/mol. The van der Waals surface area contributed by atoms with Crippen LogP contribution in [0.15, 0.2) is 93.3 Å². The van der Waals surface area contributed by atoms with Crippen LogP contribution in [0.25, 0.3) is 0 Å². The van der Waals surface area contributed by atoms with Crippen molar-refractivity contribution >= 4 is 43.8 Å². The third-order valence-corrected chi connectivity index (χ3v) is 7.12. The van der Waals surface area contributed by atoms with E-state index in [9.17, 15) is 13.2 Å². The summed E-state index contributed by atoms with van der Waals surface area (Å²) in [6.45, 7) is -0.313. The highest BCUT2D eigenvalue weighted by molar-refractivity contribution is 9.10. The minimum atomic E-state index is -3.91. The van der Waals surface area contributed by atoms with E-state index in [-0.39, 0.29) is 18.0 Å². The molecule has 0 spiro atoms. The number of rotatable bonds is 9. The van der Waals surface area contributed by atoms with Crippen LogP contribution in [0.1, 0.15) is 11.1 Å². The maximum atomic E-state index is 13.3. The molecule has 0 saturated carbocycles. The molecule has 33 heavy (non-hydrogen) atoms. The number of hydrogen-bond donors (Lipinski definition) is 1.